The molecule has 4 heteroatoms. The SMILES string of the molecule is CCCCOCc1ccccc1N(Cl)C(=O)C(CC)CC. The van der Waals surface area contributed by atoms with Gasteiger partial charge in [-0.25, -0.2) is 4.42 Å². The van der Waals surface area contributed by atoms with Crippen molar-refractivity contribution in [1.82, 2.24) is 0 Å². The molecule has 1 aromatic rings. The summed E-state index contributed by atoms with van der Waals surface area (Å²) in [5.74, 6) is -0.0701. The van der Waals surface area contributed by atoms with Crippen LogP contribution in [0.3, 0.4) is 0 Å². The van der Waals surface area contributed by atoms with Gasteiger partial charge in [-0.2, -0.15) is 0 Å². The zero-order valence-electron chi connectivity index (χ0n) is 13.3. The van der Waals surface area contributed by atoms with Gasteiger partial charge in [-0.3, -0.25) is 4.79 Å². The summed E-state index contributed by atoms with van der Waals surface area (Å²) in [7, 11) is 0. The lowest BCUT2D eigenvalue weighted by Gasteiger charge is -2.21. The molecular formula is C17H26ClNO2. The fraction of sp³-hybridized carbons (Fsp3) is 0.588. The van der Waals surface area contributed by atoms with E-state index in [1.165, 1.54) is 4.42 Å². The van der Waals surface area contributed by atoms with E-state index in [1.54, 1.807) is 0 Å². The van der Waals surface area contributed by atoms with Crippen molar-refractivity contribution in [3.8, 4) is 0 Å². The van der Waals surface area contributed by atoms with Gasteiger partial charge >= 0.3 is 0 Å². The molecule has 118 valence electrons. The van der Waals surface area contributed by atoms with Crippen LogP contribution in [0.5, 0.6) is 0 Å². The van der Waals surface area contributed by atoms with Crippen molar-refractivity contribution < 1.29 is 9.53 Å². The van der Waals surface area contributed by atoms with Gasteiger partial charge in [-0.1, -0.05) is 45.4 Å². The van der Waals surface area contributed by atoms with Crippen molar-refractivity contribution in [2.24, 2.45) is 5.92 Å². The predicted octanol–water partition coefficient (Wildman–Crippen LogP) is 4.93. The molecule has 0 aliphatic rings. The van der Waals surface area contributed by atoms with E-state index in [-0.39, 0.29) is 11.8 Å². The minimum atomic E-state index is -0.0392. The third-order valence-electron chi connectivity index (χ3n) is 3.63. The zero-order valence-corrected chi connectivity index (χ0v) is 14.0. The van der Waals surface area contributed by atoms with Crippen LogP contribution in [0.25, 0.3) is 0 Å². The number of carbonyl (C=O) groups is 1. The molecule has 1 aromatic carbocycles. The molecule has 0 N–H and O–H groups in total. The molecule has 0 atom stereocenters. The number of benzene rings is 1. The highest BCUT2D eigenvalue weighted by molar-refractivity contribution is 6.37. The average Bonchev–Trinajstić information content (AvgIpc) is 2.52. The quantitative estimate of drug-likeness (QED) is 0.478. The van der Waals surface area contributed by atoms with Crippen molar-refractivity contribution in [1.29, 1.82) is 0 Å². The Kier molecular flexibility index (Phi) is 8.40. The van der Waals surface area contributed by atoms with E-state index in [4.69, 9.17) is 16.5 Å². The van der Waals surface area contributed by atoms with Crippen molar-refractivity contribution >= 4 is 23.4 Å². The number of rotatable bonds is 9. The number of unbranched alkanes of at least 4 members (excludes halogenated alkanes) is 1. The standard InChI is InChI=1S/C17H26ClNO2/c1-4-7-12-21-13-15-10-8-9-11-16(15)19(18)17(20)14(5-2)6-3/h8-11,14H,4-7,12-13H2,1-3H3. The number of anilines is 1. The zero-order chi connectivity index (χ0) is 15.7. The van der Waals surface area contributed by atoms with E-state index >= 15 is 0 Å². The van der Waals surface area contributed by atoms with Crippen molar-refractivity contribution in [2.45, 2.75) is 53.1 Å². The number of ether oxygens (including phenoxy) is 1. The highest BCUT2D eigenvalue weighted by Gasteiger charge is 2.23. The third-order valence-corrected chi connectivity index (χ3v) is 3.98. The van der Waals surface area contributed by atoms with Gasteiger partial charge < -0.3 is 4.74 Å². The molecule has 0 aromatic heterocycles. The van der Waals surface area contributed by atoms with Gasteiger partial charge in [0.05, 0.1) is 12.3 Å². The van der Waals surface area contributed by atoms with Crippen LogP contribution in [0.1, 0.15) is 52.0 Å². The molecule has 0 heterocycles. The van der Waals surface area contributed by atoms with Crippen molar-refractivity contribution in [3.05, 3.63) is 29.8 Å². The second-order valence-corrected chi connectivity index (χ2v) is 5.51. The summed E-state index contributed by atoms with van der Waals surface area (Å²) in [4.78, 5) is 12.4. The van der Waals surface area contributed by atoms with Crippen molar-refractivity contribution in [3.63, 3.8) is 0 Å². The maximum Gasteiger partial charge on any atom is 0.244 e. The van der Waals surface area contributed by atoms with Crippen molar-refractivity contribution in [2.75, 3.05) is 11.0 Å². The molecule has 1 rings (SSSR count). The van der Waals surface area contributed by atoms with Gasteiger partial charge in [0.1, 0.15) is 0 Å². The molecule has 3 nitrogen and oxygen atoms in total. The monoisotopic (exact) mass is 311 g/mol. The van der Waals surface area contributed by atoms with E-state index in [0.29, 0.717) is 6.61 Å². The number of hydrogen-bond donors (Lipinski definition) is 0. The molecule has 0 saturated heterocycles. The summed E-state index contributed by atoms with van der Waals surface area (Å²) >= 11 is 6.28. The number of hydrogen-bond acceptors (Lipinski definition) is 2. The lowest BCUT2D eigenvalue weighted by molar-refractivity contribution is -0.121. The fourth-order valence-electron chi connectivity index (χ4n) is 2.17. The van der Waals surface area contributed by atoms with Gasteiger partial charge in [0.15, 0.2) is 0 Å². The molecule has 0 radical (unpaired) electrons. The van der Waals surface area contributed by atoms with Crippen LogP contribution in [0.2, 0.25) is 0 Å². The fourth-order valence-corrected chi connectivity index (χ4v) is 2.47. The highest BCUT2D eigenvalue weighted by Crippen LogP contribution is 2.26. The molecule has 0 unspecified atom stereocenters. The topological polar surface area (TPSA) is 29.5 Å². The van der Waals surface area contributed by atoms with E-state index in [0.717, 1.165) is 43.5 Å². The highest BCUT2D eigenvalue weighted by atomic mass is 35.5. The molecule has 0 bridgehead atoms. The Morgan fingerprint density at radius 1 is 1.24 bits per heavy atom. The first-order chi connectivity index (χ1) is 10.2. The van der Waals surface area contributed by atoms with Gasteiger partial charge in [0, 0.05) is 29.9 Å². The first-order valence-electron chi connectivity index (χ1n) is 7.81. The van der Waals surface area contributed by atoms with Crippen LogP contribution in [0.4, 0.5) is 5.69 Å². The number of amides is 1. The van der Waals surface area contributed by atoms with Crippen LogP contribution in [-0.4, -0.2) is 12.5 Å². The number of nitrogens with zero attached hydrogens (tertiary/aromatic N) is 1. The summed E-state index contributed by atoms with van der Waals surface area (Å²) in [5, 5.41) is 0. The van der Waals surface area contributed by atoms with Gasteiger partial charge in [0.25, 0.3) is 0 Å². The van der Waals surface area contributed by atoms with Crippen LogP contribution >= 0.6 is 11.8 Å². The minimum absolute atomic E-state index is 0.0310. The summed E-state index contributed by atoms with van der Waals surface area (Å²) in [5.41, 5.74) is 1.68. The molecule has 1 amide bonds. The number of carbonyl (C=O) groups excluding carboxylic acids is 1. The lowest BCUT2D eigenvalue weighted by Crippen LogP contribution is -2.29. The van der Waals surface area contributed by atoms with E-state index in [9.17, 15) is 4.79 Å². The van der Waals surface area contributed by atoms with Crippen LogP contribution in [-0.2, 0) is 16.1 Å². The Balaban J connectivity index is 2.79. The summed E-state index contributed by atoms with van der Waals surface area (Å²) in [6.07, 6.45) is 3.75. The molecule has 0 aliphatic carbocycles. The van der Waals surface area contributed by atoms with Gasteiger partial charge in [0.2, 0.25) is 5.91 Å². The summed E-state index contributed by atoms with van der Waals surface area (Å²) in [6, 6.07) is 7.65. The first-order valence-corrected chi connectivity index (χ1v) is 8.14. The third kappa shape index (κ3) is 5.33. The Morgan fingerprint density at radius 3 is 2.52 bits per heavy atom. The Labute approximate surface area is 133 Å². The molecule has 0 saturated carbocycles. The van der Waals surface area contributed by atoms with Gasteiger partial charge in [-0.05, 0) is 25.3 Å². The molecular weight excluding hydrogens is 286 g/mol. The molecule has 0 fully saturated rings. The maximum atomic E-state index is 12.4. The summed E-state index contributed by atoms with van der Waals surface area (Å²) in [6.45, 7) is 7.36. The predicted molar refractivity (Wildman–Crippen MR) is 88.4 cm³/mol. The lowest BCUT2D eigenvalue weighted by atomic mass is 10.0. The second kappa shape index (κ2) is 9.80. The first kappa shape index (κ1) is 18.0. The number of halogens is 1. The molecule has 0 spiro atoms. The Morgan fingerprint density at radius 2 is 1.90 bits per heavy atom. The average molecular weight is 312 g/mol. The van der Waals surface area contributed by atoms with Crippen LogP contribution < -0.4 is 4.42 Å². The number of para-hydroxylation sites is 1. The normalized spacial score (nSPS) is 10.9. The Bertz CT molecular complexity index is 433. The Hall–Kier alpha value is -1.06. The van der Waals surface area contributed by atoms with E-state index < -0.39 is 0 Å². The van der Waals surface area contributed by atoms with Crippen LogP contribution in [0, 0.1) is 5.92 Å². The van der Waals surface area contributed by atoms with Gasteiger partial charge in [-0.15, -0.1) is 0 Å². The van der Waals surface area contributed by atoms with E-state index in [2.05, 4.69) is 6.92 Å². The second-order valence-electron chi connectivity index (χ2n) is 5.17. The largest absolute Gasteiger partial charge is 0.377 e. The maximum absolute atomic E-state index is 12.4. The molecule has 21 heavy (non-hydrogen) atoms. The summed E-state index contributed by atoms with van der Waals surface area (Å²) < 4.78 is 6.91. The smallest absolute Gasteiger partial charge is 0.244 e. The van der Waals surface area contributed by atoms with Crippen LogP contribution in [0.15, 0.2) is 24.3 Å². The minimum Gasteiger partial charge on any atom is -0.377 e. The molecule has 0 aliphatic heterocycles. The van der Waals surface area contributed by atoms with E-state index in [1.807, 2.05) is 38.1 Å².